The van der Waals surface area contributed by atoms with Gasteiger partial charge in [0.1, 0.15) is 5.60 Å². The van der Waals surface area contributed by atoms with Crippen molar-refractivity contribution in [1.82, 2.24) is 10.2 Å². The first-order valence-electron chi connectivity index (χ1n) is 9.06. The molecule has 1 heterocycles. The second-order valence-corrected chi connectivity index (χ2v) is 8.12. The molecular weight excluding hydrogens is 276 g/mol. The summed E-state index contributed by atoms with van der Waals surface area (Å²) < 4.78 is 5.42. The molecule has 0 bridgehead atoms. The molecule has 1 aliphatic carbocycles. The maximum absolute atomic E-state index is 12.1. The summed E-state index contributed by atoms with van der Waals surface area (Å²) in [5.74, 6) is 1.57. The van der Waals surface area contributed by atoms with E-state index in [-0.39, 0.29) is 12.1 Å². The number of rotatable bonds is 5. The summed E-state index contributed by atoms with van der Waals surface area (Å²) in [5, 5.41) is 3.11. The van der Waals surface area contributed by atoms with E-state index in [2.05, 4.69) is 24.1 Å². The smallest absolute Gasteiger partial charge is 0.407 e. The monoisotopic (exact) mass is 310 g/mol. The van der Waals surface area contributed by atoms with Gasteiger partial charge in [-0.2, -0.15) is 0 Å². The van der Waals surface area contributed by atoms with E-state index in [9.17, 15) is 4.79 Å². The summed E-state index contributed by atoms with van der Waals surface area (Å²) in [5.41, 5.74) is -0.428. The molecule has 1 amide bonds. The fourth-order valence-corrected chi connectivity index (χ4v) is 3.76. The number of piperidine rings is 1. The predicted molar refractivity (Wildman–Crippen MR) is 89.9 cm³/mol. The summed E-state index contributed by atoms with van der Waals surface area (Å²) in [6, 6.07) is 0.929. The minimum absolute atomic E-state index is 0.223. The highest BCUT2D eigenvalue weighted by molar-refractivity contribution is 5.68. The van der Waals surface area contributed by atoms with Crippen LogP contribution >= 0.6 is 0 Å². The van der Waals surface area contributed by atoms with Gasteiger partial charge in [-0.15, -0.1) is 0 Å². The van der Waals surface area contributed by atoms with Gasteiger partial charge >= 0.3 is 6.09 Å². The molecule has 4 heteroatoms. The van der Waals surface area contributed by atoms with Crippen LogP contribution in [0.1, 0.15) is 66.7 Å². The Hall–Kier alpha value is -0.770. The Kier molecular flexibility index (Phi) is 5.76. The number of carbonyl (C=O) groups is 1. The average molecular weight is 310 g/mol. The first-order chi connectivity index (χ1) is 10.3. The zero-order valence-electron chi connectivity index (χ0n) is 15.0. The van der Waals surface area contributed by atoms with Gasteiger partial charge in [-0.25, -0.2) is 4.79 Å². The van der Waals surface area contributed by atoms with Crippen LogP contribution in [0.4, 0.5) is 4.79 Å². The Balaban J connectivity index is 1.93. The molecule has 0 spiro atoms. The number of hydrogen-bond acceptors (Lipinski definition) is 3. The zero-order valence-corrected chi connectivity index (χ0v) is 15.0. The molecule has 2 rings (SSSR count). The lowest BCUT2D eigenvalue weighted by Gasteiger charge is -2.42. The van der Waals surface area contributed by atoms with Crippen molar-refractivity contribution in [1.29, 1.82) is 0 Å². The van der Waals surface area contributed by atoms with Crippen molar-refractivity contribution in [3.05, 3.63) is 0 Å². The molecule has 0 radical (unpaired) electrons. The van der Waals surface area contributed by atoms with E-state index in [1.165, 1.54) is 32.2 Å². The van der Waals surface area contributed by atoms with Crippen LogP contribution in [0, 0.1) is 11.8 Å². The van der Waals surface area contributed by atoms with E-state index in [4.69, 9.17) is 4.74 Å². The summed E-state index contributed by atoms with van der Waals surface area (Å²) >= 11 is 0. The van der Waals surface area contributed by atoms with Crippen LogP contribution in [-0.4, -0.2) is 41.8 Å². The van der Waals surface area contributed by atoms with Gasteiger partial charge in [0.25, 0.3) is 0 Å². The summed E-state index contributed by atoms with van der Waals surface area (Å²) in [6.07, 6.45) is 5.98. The Morgan fingerprint density at radius 3 is 2.45 bits per heavy atom. The third-order valence-corrected chi connectivity index (χ3v) is 4.92. The van der Waals surface area contributed by atoms with Crippen LogP contribution in [0.2, 0.25) is 0 Å². The number of nitrogens with one attached hydrogen (secondary N) is 1. The molecule has 128 valence electrons. The van der Waals surface area contributed by atoms with Gasteiger partial charge in [-0.05, 0) is 58.3 Å². The molecule has 0 aromatic carbocycles. The van der Waals surface area contributed by atoms with Gasteiger partial charge in [0, 0.05) is 25.2 Å². The van der Waals surface area contributed by atoms with E-state index in [1.807, 2.05) is 20.8 Å². The lowest BCUT2D eigenvalue weighted by molar-refractivity contribution is 0.0393. The maximum atomic E-state index is 12.1. The molecule has 0 aromatic heterocycles. The van der Waals surface area contributed by atoms with Crippen molar-refractivity contribution in [2.45, 2.75) is 84.4 Å². The number of ether oxygens (including phenoxy) is 1. The van der Waals surface area contributed by atoms with E-state index in [0.717, 1.165) is 18.9 Å². The van der Waals surface area contributed by atoms with Crippen molar-refractivity contribution in [2.75, 3.05) is 13.1 Å². The number of nitrogens with zero attached hydrogens (tertiary/aromatic N) is 1. The molecule has 2 fully saturated rings. The first kappa shape index (κ1) is 17.6. The number of likely N-dealkylation sites (tertiary alicyclic amines) is 1. The molecule has 0 aromatic rings. The molecule has 4 nitrogen and oxygen atoms in total. The van der Waals surface area contributed by atoms with Gasteiger partial charge < -0.3 is 10.1 Å². The van der Waals surface area contributed by atoms with Gasteiger partial charge in [0.2, 0.25) is 0 Å². The number of alkyl carbamates (subject to hydrolysis) is 1. The Morgan fingerprint density at radius 2 is 1.95 bits per heavy atom. The summed E-state index contributed by atoms with van der Waals surface area (Å²) in [7, 11) is 0. The maximum Gasteiger partial charge on any atom is 0.407 e. The highest BCUT2D eigenvalue weighted by Crippen LogP contribution is 2.38. The van der Waals surface area contributed by atoms with Crippen molar-refractivity contribution in [3.63, 3.8) is 0 Å². The highest BCUT2D eigenvalue weighted by Gasteiger charge is 2.38. The molecule has 3 atom stereocenters. The molecule has 2 aliphatic rings. The van der Waals surface area contributed by atoms with Crippen LogP contribution in [0.15, 0.2) is 0 Å². The van der Waals surface area contributed by atoms with E-state index >= 15 is 0 Å². The minimum atomic E-state index is -0.428. The van der Waals surface area contributed by atoms with Gasteiger partial charge in [0.15, 0.2) is 0 Å². The zero-order chi connectivity index (χ0) is 16.3. The second kappa shape index (κ2) is 7.20. The van der Waals surface area contributed by atoms with Crippen LogP contribution in [-0.2, 0) is 4.74 Å². The van der Waals surface area contributed by atoms with E-state index < -0.39 is 5.60 Å². The predicted octanol–water partition coefficient (Wildman–Crippen LogP) is 3.80. The highest BCUT2D eigenvalue weighted by atomic mass is 16.6. The van der Waals surface area contributed by atoms with Crippen molar-refractivity contribution >= 4 is 6.09 Å². The minimum Gasteiger partial charge on any atom is -0.444 e. The SMILES string of the molecule is CCC1CC(NC(=O)OC(C)(C)C)CN(C(CC)C2CC2)C1. The molecule has 3 unspecified atom stereocenters. The second-order valence-electron chi connectivity index (χ2n) is 8.12. The molecule has 1 N–H and O–H groups in total. The van der Waals surface area contributed by atoms with Crippen molar-refractivity contribution in [2.24, 2.45) is 11.8 Å². The fourth-order valence-electron chi connectivity index (χ4n) is 3.76. The lowest BCUT2D eigenvalue weighted by atomic mass is 9.90. The number of carbonyl (C=O) groups excluding carboxylic acids is 1. The Morgan fingerprint density at radius 1 is 1.27 bits per heavy atom. The topological polar surface area (TPSA) is 41.6 Å². The lowest BCUT2D eigenvalue weighted by Crippen LogP contribution is -2.54. The molecule has 22 heavy (non-hydrogen) atoms. The van der Waals surface area contributed by atoms with Crippen molar-refractivity contribution < 1.29 is 9.53 Å². The third-order valence-electron chi connectivity index (χ3n) is 4.92. The first-order valence-corrected chi connectivity index (χ1v) is 9.06. The van der Waals surface area contributed by atoms with Gasteiger partial charge in [-0.1, -0.05) is 20.3 Å². The van der Waals surface area contributed by atoms with E-state index in [1.54, 1.807) is 0 Å². The number of hydrogen-bond donors (Lipinski definition) is 1. The Labute approximate surface area is 136 Å². The van der Waals surface area contributed by atoms with Crippen molar-refractivity contribution in [3.8, 4) is 0 Å². The van der Waals surface area contributed by atoms with Gasteiger partial charge in [-0.3, -0.25) is 4.90 Å². The molecule has 1 saturated carbocycles. The largest absolute Gasteiger partial charge is 0.444 e. The fraction of sp³-hybridized carbons (Fsp3) is 0.944. The molecular formula is C18H34N2O2. The van der Waals surface area contributed by atoms with Crippen LogP contribution in [0.3, 0.4) is 0 Å². The quantitative estimate of drug-likeness (QED) is 0.840. The summed E-state index contributed by atoms with van der Waals surface area (Å²) in [4.78, 5) is 14.7. The van der Waals surface area contributed by atoms with Gasteiger partial charge in [0.05, 0.1) is 0 Å². The Bertz CT molecular complexity index is 374. The normalized spacial score (nSPS) is 28.2. The molecule has 1 saturated heterocycles. The van der Waals surface area contributed by atoms with Crippen LogP contribution in [0.25, 0.3) is 0 Å². The summed E-state index contributed by atoms with van der Waals surface area (Å²) in [6.45, 7) is 12.5. The third kappa shape index (κ3) is 5.15. The number of amides is 1. The average Bonchev–Trinajstić information content (AvgIpc) is 3.21. The standard InChI is InChI=1S/C18H34N2O2/c1-6-13-10-15(19-17(21)22-18(3,4)5)12-20(11-13)16(7-2)14-8-9-14/h13-16H,6-12H2,1-5H3,(H,19,21). The van der Waals surface area contributed by atoms with E-state index in [0.29, 0.717) is 12.0 Å². The van der Waals surface area contributed by atoms with Crippen LogP contribution < -0.4 is 5.32 Å². The van der Waals surface area contributed by atoms with Crippen LogP contribution in [0.5, 0.6) is 0 Å². The molecule has 1 aliphatic heterocycles.